The number of aromatic carboxylic acids is 1. The lowest BCUT2D eigenvalue weighted by Gasteiger charge is -2.38. The Morgan fingerprint density at radius 3 is 2.13 bits per heavy atom. The number of nitrogens with zero attached hydrogens (tertiary/aromatic N) is 3. The molecule has 8 nitrogen and oxygen atoms in total. The third-order valence-corrected chi connectivity index (χ3v) is 6.18. The average molecular weight is 554 g/mol. The Morgan fingerprint density at radius 2 is 1.54 bits per heavy atom. The van der Waals surface area contributed by atoms with Gasteiger partial charge in [-0.05, 0) is 42.5 Å². The molecule has 0 aliphatic carbocycles. The Hall–Kier alpha value is -4.49. The van der Waals surface area contributed by atoms with Crippen molar-refractivity contribution in [1.82, 2.24) is 0 Å². The summed E-state index contributed by atoms with van der Waals surface area (Å²) in [5, 5.41) is 22.9. The van der Waals surface area contributed by atoms with Crippen LogP contribution >= 0.6 is 0 Å². The monoisotopic (exact) mass is 554 g/mol. The molecule has 0 atom stereocenters. The van der Waals surface area contributed by atoms with Gasteiger partial charge in [0.2, 0.25) is 0 Å². The highest BCUT2D eigenvalue weighted by molar-refractivity contribution is 5.96. The first-order valence-corrected chi connectivity index (χ1v) is 11.4. The van der Waals surface area contributed by atoms with E-state index in [9.17, 15) is 46.4 Å². The summed E-state index contributed by atoms with van der Waals surface area (Å²) in [4.78, 5) is 24.9. The minimum Gasteiger partial charge on any atom is -0.478 e. The van der Waals surface area contributed by atoms with Crippen LogP contribution < -0.4 is 15.1 Å². The number of carboxylic acids is 1. The van der Waals surface area contributed by atoms with Gasteiger partial charge >= 0.3 is 18.3 Å². The largest absolute Gasteiger partial charge is 0.478 e. The standard InChI is InChI=1S/C25H20F6N4O4/c26-24(27,28)15-2-1-3-17(12-15)33-8-10-34(11-9-33)22-7-4-16(13-20(22)25(29,30)31)32-21-6-5-18(35(38)39)14-19(21)23(36)37/h1-7,12-14,32H,8-11H2,(H,36,37). The van der Waals surface area contributed by atoms with E-state index in [1.54, 1.807) is 4.90 Å². The van der Waals surface area contributed by atoms with Crippen molar-refractivity contribution in [2.75, 3.05) is 41.3 Å². The van der Waals surface area contributed by atoms with Crippen LogP contribution in [0.3, 0.4) is 0 Å². The number of anilines is 4. The highest BCUT2D eigenvalue weighted by Crippen LogP contribution is 2.40. The second-order valence-electron chi connectivity index (χ2n) is 8.67. The van der Waals surface area contributed by atoms with Crippen LogP contribution in [0.15, 0.2) is 60.7 Å². The van der Waals surface area contributed by atoms with E-state index in [1.165, 1.54) is 29.2 Å². The Labute approximate surface area is 217 Å². The molecule has 0 saturated carbocycles. The molecule has 1 heterocycles. The zero-order chi connectivity index (χ0) is 28.5. The molecule has 1 fully saturated rings. The maximum absolute atomic E-state index is 14.0. The van der Waals surface area contributed by atoms with E-state index >= 15 is 0 Å². The number of piperazine rings is 1. The number of benzene rings is 3. The maximum atomic E-state index is 14.0. The van der Waals surface area contributed by atoms with Crippen molar-refractivity contribution in [3.63, 3.8) is 0 Å². The third-order valence-electron chi connectivity index (χ3n) is 6.18. The molecule has 0 unspecified atom stereocenters. The van der Waals surface area contributed by atoms with Crippen molar-refractivity contribution in [2.24, 2.45) is 0 Å². The summed E-state index contributed by atoms with van der Waals surface area (Å²) in [6.45, 7) is 0.585. The van der Waals surface area contributed by atoms with Gasteiger partial charge in [-0.3, -0.25) is 10.1 Å². The van der Waals surface area contributed by atoms with E-state index < -0.39 is 45.6 Å². The van der Waals surface area contributed by atoms with Crippen molar-refractivity contribution in [1.29, 1.82) is 0 Å². The van der Waals surface area contributed by atoms with E-state index in [0.29, 0.717) is 5.69 Å². The van der Waals surface area contributed by atoms with Gasteiger partial charge in [0.15, 0.2) is 0 Å². The van der Waals surface area contributed by atoms with E-state index in [0.717, 1.165) is 36.4 Å². The summed E-state index contributed by atoms with van der Waals surface area (Å²) >= 11 is 0. The van der Waals surface area contributed by atoms with Crippen LogP contribution in [-0.2, 0) is 12.4 Å². The second-order valence-corrected chi connectivity index (χ2v) is 8.67. The minimum atomic E-state index is -4.78. The van der Waals surface area contributed by atoms with E-state index in [-0.39, 0.29) is 43.2 Å². The number of carboxylic acid groups (broad SMARTS) is 1. The average Bonchev–Trinajstić information content (AvgIpc) is 2.88. The van der Waals surface area contributed by atoms with E-state index in [1.807, 2.05) is 0 Å². The van der Waals surface area contributed by atoms with Crippen LogP contribution in [0.5, 0.6) is 0 Å². The van der Waals surface area contributed by atoms with Crippen LogP contribution in [-0.4, -0.2) is 42.2 Å². The van der Waals surface area contributed by atoms with Gasteiger partial charge in [0.05, 0.1) is 27.3 Å². The fraction of sp³-hybridized carbons (Fsp3) is 0.240. The molecule has 4 rings (SSSR count). The molecule has 1 aliphatic rings. The van der Waals surface area contributed by atoms with Gasteiger partial charge in [-0.1, -0.05) is 6.07 Å². The number of non-ortho nitro benzene ring substituents is 1. The molecule has 0 amide bonds. The lowest BCUT2D eigenvalue weighted by atomic mass is 10.1. The Balaban J connectivity index is 1.56. The highest BCUT2D eigenvalue weighted by Gasteiger charge is 2.36. The molecule has 0 radical (unpaired) electrons. The first-order chi connectivity index (χ1) is 18.2. The van der Waals surface area contributed by atoms with Crippen LogP contribution in [0, 0.1) is 10.1 Å². The summed E-state index contributed by atoms with van der Waals surface area (Å²) in [6, 6.07) is 11.0. The van der Waals surface area contributed by atoms with Gasteiger partial charge in [-0.15, -0.1) is 0 Å². The van der Waals surface area contributed by atoms with Gasteiger partial charge in [0.25, 0.3) is 5.69 Å². The minimum absolute atomic E-state index is 0.0926. The number of hydrogen-bond donors (Lipinski definition) is 2. The quantitative estimate of drug-likeness (QED) is 0.207. The molecule has 1 aliphatic heterocycles. The van der Waals surface area contributed by atoms with Crippen molar-refractivity contribution in [3.05, 3.63) is 87.5 Å². The number of halogens is 6. The predicted molar refractivity (Wildman–Crippen MR) is 131 cm³/mol. The molecule has 0 bridgehead atoms. The molecule has 39 heavy (non-hydrogen) atoms. The molecule has 1 saturated heterocycles. The summed E-state index contributed by atoms with van der Waals surface area (Å²) in [5.74, 6) is -1.51. The molecular formula is C25H20F6N4O4. The van der Waals surface area contributed by atoms with Crippen molar-refractivity contribution in [2.45, 2.75) is 12.4 Å². The van der Waals surface area contributed by atoms with Gasteiger partial charge in [-0.2, -0.15) is 26.3 Å². The molecule has 0 spiro atoms. The molecule has 0 aromatic heterocycles. The first kappa shape index (κ1) is 27.5. The number of alkyl halides is 6. The predicted octanol–water partition coefficient (Wildman–Crippen LogP) is 6.40. The topological polar surface area (TPSA) is 98.9 Å². The van der Waals surface area contributed by atoms with Crippen molar-refractivity contribution >= 4 is 34.4 Å². The summed E-state index contributed by atoms with van der Waals surface area (Å²) in [6.07, 6.45) is -9.30. The number of hydrogen-bond acceptors (Lipinski definition) is 6. The molecule has 3 aromatic carbocycles. The van der Waals surface area contributed by atoms with Gasteiger partial charge in [-0.25, -0.2) is 4.79 Å². The van der Waals surface area contributed by atoms with Crippen LogP contribution in [0.4, 0.5) is 54.8 Å². The smallest absolute Gasteiger partial charge is 0.418 e. The fourth-order valence-corrected chi connectivity index (χ4v) is 4.29. The normalized spacial score (nSPS) is 14.3. The first-order valence-electron chi connectivity index (χ1n) is 11.4. The maximum Gasteiger partial charge on any atom is 0.418 e. The molecule has 14 heteroatoms. The van der Waals surface area contributed by atoms with Gasteiger partial charge in [0.1, 0.15) is 0 Å². The lowest BCUT2D eigenvalue weighted by molar-refractivity contribution is -0.384. The van der Waals surface area contributed by atoms with Gasteiger partial charge in [0, 0.05) is 55.4 Å². The fourth-order valence-electron chi connectivity index (χ4n) is 4.29. The molecular weight excluding hydrogens is 534 g/mol. The Kier molecular flexibility index (Phi) is 7.31. The van der Waals surface area contributed by atoms with Crippen LogP contribution in [0.25, 0.3) is 0 Å². The Morgan fingerprint density at radius 1 is 0.872 bits per heavy atom. The number of rotatable bonds is 6. The summed E-state index contributed by atoms with van der Waals surface area (Å²) in [7, 11) is 0. The zero-order valence-electron chi connectivity index (χ0n) is 19.9. The molecule has 2 N–H and O–H groups in total. The number of carbonyl (C=O) groups is 1. The van der Waals surface area contributed by atoms with Crippen molar-refractivity contribution < 1.29 is 41.2 Å². The zero-order valence-corrected chi connectivity index (χ0v) is 19.9. The summed E-state index contributed by atoms with van der Waals surface area (Å²) in [5.41, 5.74) is -2.85. The van der Waals surface area contributed by atoms with Gasteiger partial charge < -0.3 is 20.2 Å². The number of nitro groups is 1. The second kappa shape index (κ2) is 10.3. The number of nitro benzene ring substituents is 1. The Bertz CT molecular complexity index is 1400. The third kappa shape index (κ3) is 6.16. The lowest BCUT2D eigenvalue weighted by Crippen LogP contribution is -2.47. The van der Waals surface area contributed by atoms with Crippen LogP contribution in [0.2, 0.25) is 0 Å². The SMILES string of the molecule is O=C(O)c1cc([N+](=O)[O-])ccc1Nc1ccc(N2CCN(c3cccc(C(F)(F)F)c3)CC2)c(C(F)(F)F)c1. The van der Waals surface area contributed by atoms with Crippen LogP contribution in [0.1, 0.15) is 21.5 Å². The van der Waals surface area contributed by atoms with Crippen molar-refractivity contribution in [3.8, 4) is 0 Å². The van der Waals surface area contributed by atoms with E-state index in [4.69, 9.17) is 0 Å². The van der Waals surface area contributed by atoms with E-state index in [2.05, 4.69) is 5.32 Å². The number of nitrogens with one attached hydrogen (secondary N) is 1. The highest BCUT2D eigenvalue weighted by atomic mass is 19.4. The molecule has 206 valence electrons. The summed E-state index contributed by atoms with van der Waals surface area (Å²) < 4.78 is 81.3. The molecule has 3 aromatic rings.